The van der Waals surface area contributed by atoms with Gasteiger partial charge in [-0.05, 0) is 31.7 Å². The smallest absolute Gasteiger partial charge is 0.319 e. The first-order valence-corrected chi connectivity index (χ1v) is 8.23. The van der Waals surface area contributed by atoms with Gasteiger partial charge < -0.3 is 19.9 Å². The van der Waals surface area contributed by atoms with Crippen molar-refractivity contribution >= 4 is 12.0 Å². The first kappa shape index (κ1) is 16.0. The van der Waals surface area contributed by atoms with Gasteiger partial charge >= 0.3 is 6.03 Å². The molecule has 0 radical (unpaired) electrons. The fourth-order valence-corrected chi connectivity index (χ4v) is 3.45. The van der Waals surface area contributed by atoms with Gasteiger partial charge in [-0.3, -0.25) is 0 Å². The molecule has 2 aliphatic heterocycles. The molecule has 2 amide bonds. The maximum Gasteiger partial charge on any atom is 0.319 e. The number of hydrogen-bond donors (Lipinski definition) is 1. The number of carbonyl (C=O) groups excluding carboxylic acids is 1. The van der Waals surface area contributed by atoms with E-state index < -0.39 is 0 Å². The van der Waals surface area contributed by atoms with Crippen molar-refractivity contribution < 1.29 is 9.53 Å². The van der Waals surface area contributed by atoms with Gasteiger partial charge in [0.05, 0.1) is 18.2 Å². The molecule has 2 atom stereocenters. The van der Waals surface area contributed by atoms with Gasteiger partial charge in [-0.25, -0.2) is 14.8 Å². The predicted molar refractivity (Wildman–Crippen MR) is 87.2 cm³/mol. The van der Waals surface area contributed by atoms with E-state index in [-0.39, 0.29) is 17.7 Å². The van der Waals surface area contributed by atoms with Crippen LogP contribution in [-0.4, -0.2) is 71.2 Å². The zero-order chi connectivity index (χ0) is 16.3. The number of rotatable bonds is 3. The summed E-state index contributed by atoms with van der Waals surface area (Å²) in [6.45, 7) is 2.18. The molecule has 0 saturated carbocycles. The van der Waals surface area contributed by atoms with Crippen molar-refractivity contribution in [2.24, 2.45) is 0 Å². The van der Waals surface area contributed by atoms with Crippen LogP contribution in [0.1, 0.15) is 25.7 Å². The molecule has 2 saturated heterocycles. The third-order valence-corrected chi connectivity index (χ3v) is 4.60. The van der Waals surface area contributed by atoms with E-state index in [9.17, 15) is 4.79 Å². The molecule has 23 heavy (non-hydrogen) atoms. The number of amides is 2. The average molecular weight is 319 g/mol. The van der Waals surface area contributed by atoms with Crippen LogP contribution in [0.4, 0.5) is 10.7 Å². The minimum Gasteiger partial charge on any atom is -0.368 e. The highest BCUT2D eigenvalue weighted by Gasteiger charge is 2.44. The van der Waals surface area contributed by atoms with E-state index in [2.05, 4.69) is 15.3 Å². The van der Waals surface area contributed by atoms with Crippen molar-refractivity contribution in [3.8, 4) is 0 Å². The van der Waals surface area contributed by atoms with Crippen molar-refractivity contribution in [1.29, 1.82) is 0 Å². The van der Waals surface area contributed by atoms with Crippen LogP contribution < -0.4 is 5.32 Å². The summed E-state index contributed by atoms with van der Waals surface area (Å²) < 4.78 is 6.39. The second-order valence-electron chi connectivity index (χ2n) is 6.62. The Labute approximate surface area is 137 Å². The number of carbonyl (C=O) groups is 1. The fraction of sp³-hybridized carbons (Fsp3) is 0.688. The molecular formula is C16H25N5O2. The predicted octanol–water partition coefficient (Wildman–Crippen LogP) is 1.58. The second kappa shape index (κ2) is 6.70. The Morgan fingerprint density at radius 3 is 2.96 bits per heavy atom. The molecule has 7 heteroatoms. The summed E-state index contributed by atoms with van der Waals surface area (Å²) in [6, 6.07) is 1.87. The molecule has 0 aromatic carbocycles. The lowest BCUT2D eigenvalue weighted by molar-refractivity contribution is -0.114. The quantitative estimate of drug-likeness (QED) is 0.916. The summed E-state index contributed by atoms with van der Waals surface area (Å²) in [7, 11) is 3.59. The normalized spacial score (nSPS) is 27.2. The van der Waals surface area contributed by atoms with E-state index in [1.54, 1.807) is 37.5 Å². The first-order chi connectivity index (χ1) is 11.1. The summed E-state index contributed by atoms with van der Waals surface area (Å²) in [6.07, 6.45) is 7.70. The monoisotopic (exact) mass is 319 g/mol. The second-order valence-corrected chi connectivity index (χ2v) is 6.62. The highest BCUT2D eigenvalue weighted by Crippen LogP contribution is 2.36. The van der Waals surface area contributed by atoms with Gasteiger partial charge in [-0.1, -0.05) is 0 Å². The highest BCUT2D eigenvalue weighted by atomic mass is 16.5. The number of nitrogens with zero attached hydrogens (tertiary/aromatic N) is 4. The molecule has 1 aromatic heterocycles. The van der Waals surface area contributed by atoms with Gasteiger partial charge in [0.1, 0.15) is 0 Å². The SMILES string of the molecule is CN(C)C(=O)N1CC[C@]2(CCC[C@H](CNc3ncccn3)O2)C1. The van der Waals surface area contributed by atoms with Crippen molar-refractivity contribution in [2.45, 2.75) is 37.4 Å². The number of likely N-dealkylation sites (tertiary alicyclic amines) is 1. The lowest BCUT2D eigenvalue weighted by Crippen LogP contribution is -2.47. The maximum atomic E-state index is 12.1. The van der Waals surface area contributed by atoms with E-state index in [1.807, 2.05) is 4.90 Å². The van der Waals surface area contributed by atoms with Gasteiger partial charge in [-0.2, -0.15) is 0 Å². The van der Waals surface area contributed by atoms with Crippen LogP contribution in [0.5, 0.6) is 0 Å². The Kier molecular flexibility index (Phi) is 4.66. The Bertz CT molecular complexity index is 539. The largest absolute Gasteiger partial charge is 0.368 e. The summed E-state index contributed by atoms with van der Waals surface area (Å²) in [5.74, 6) is 0.631. The van der Waals surface area contributed by atoms with Crippen LogP contribution in [0.25, 0.3) is 0 Å². The van der Waals surface area contributed by atoms with Crippen LogP contribution in [0.3, 0.4) is 0 Å². The van der Waals surface area contributed by atoms with Gasteiger partial charge in [0.25, 0.3) is 0 Å². The molecule has 3 rings (SSSR count). The minimum absolute atomic E-state index is 0.0726. The summed E-state index contributed by atoms with van der Waals surface area (Å²) in [4.78, 5) is 24.0. The van der Waals surface area contributed by atoms with E-state index in [0.29, 0.717) is 19.0 Å². The van der Waals surface area contributed by atoms with Crippen LogP contribution in [0, 0.1) is 0 Å². The van der Waals surface area contributed by atoms with Crippen molar-refractivity contribution in [2.75, 3.05) is 39.0 Å². The molecule has 0 unspecified atom stereocenters. The Balaban J connectivity index is 1.55. The number of ether oxygens (including phenoxy) is 1. The maximum absolute atomic E-state index is 12.1. The van der Waals surface area contributed by atoms with Crippen molar-refractivity contribution in [3.05, 3.63) is 18.5 Å². The van der Waals surface area contributed by atoms with Crippen LogP contribution in [0.2, 0.25) is 0 Å². The van der Waals surface area contributed by atoms with Crippen LogP contribution >= 0.6 is 0 Å². The Morgan fingerprint density at radius 2 is 2.22 bits per heavy atom. The number of urea groups is 1. The van der Waals surface area contributed by atoms with Crippen LogP contribution in [-0.2, 0) is 4.74 Å². The van der Waals surface area contributed by atoms with Crippen LogP contribution in [0.15, 0.2) is 18.5 Å². The molecule has 0 aliphatic carbocycles. The molecule has 1 N–H and O–H groups in total. The third-order valence-electron chi connectivity index (χ3n) is 4.60. The first-order valence-electron chi connectivity index (χ1n) is 8.23. The zero-order valence-electron chi connectivity index (χ0n) is 13.9. The number of anilines is 1. The Hall–Kier alpha value is -1.89. The van der Waals surface area contributed by atoms with Gasteiger partial charge in [0.2, 0.25) is 5.95 Å². The lowest BCUT2D eigenvalue weighted by atomic mass is 9.90. The fourth-order valence-electron chi connectivity index (χ4n) is 3.45. The van der Waals surface area contributed by atoms with E-state index in [4.69, 9.17) is 4.74 Å². The average Bonchev–Trinajstić information content (AvgIpc) is 2.96. The molecule has 7 nitrogen and oxygen atoms in total. The van der Waals surface area contributed by atoms with Gasteiger partial charge in [-0.15, -0.1) is 0 Å². The van der Waals surface area contributed by atoms with E-state index >= 15 is 0 Å². The Morgan fingerprint density at radius 1 is 1.43 bits per heavy atom. The molecule has 1 aromatic rings. The molecule has 2 fully saturated rings. The van der Waals surface area contributed by atoms with Gasteiger partial charge in [0, 0.05) is 39.6 Å². The van der Waals surface area contributed by atoms with Gasteiger partial charge in [0.15, 0.2) is 0 Å². The van der Waals surface area contributed by atoms with E-state index in [1.165, 1.54) is 0 Å². The molecular weight excluding hydrogens is 294 g/mol. The summed E-state index contributed by atoms with van der Waals surface area (Å²) >= 11 is 0. The minimum atomic E-state index is -0.173. The molecule has 2 aliphatic rings. The standard InChI is InChI=1S/C16H25N5O2/c1-20(2)15(22)21-10-7-16(12-21)6-3-5-13(23-16)11-19-14-17-8-4-9-18-14/h4,8-9,13H,3,5-7,10-12H2,1-2H3,(H,17,18,19)/t13-,16-/m1/s1. The van der Waals surface area contributed by atoms with Crippen molar-refractivity contribution in [1.82, 2.24) is 19.8 Å². The number of nitrogens with one attached hydrogen (secondary N) is 1. The summed E-state index contributed by atoms with van der Waals surface area (Å²) in [5.41, 5.74) is -0.173. The topological polar surface area (TPSA) is 70.6 Å². The van der Waals surface area contributed by atoms with Crippen molar-refractivity contribution in [3.63, 3.8) is 0 Å². The molecule has 0 bridgehead atoms. The summed E-state index contributed by atoms with van der Waals surface area (Å²) in [5, 5.41) is 3.24. The molecule has 3 heterocycles. The molecule has 126 valence electrons. The lowest BCUT2D eigenvalue weighted by Gasteiger charge is -2.38. The highest BCUT2D eigenvalue weighted by molar-refractivity contribution is 5.74. The number of hydrogen-bond acceptors (Lipinski definition) is 5. The third kappa shape index (κ3) is 3.72. The zero-order valence-corrected chi connectivity index (χ0v) is 13.9. The number of aromatic nitrogens is 2. The molecule has 1 spiro atoms. The van der Waals surface area contributed by atoms with E-state index in [0.717, 1.165) is 32.2 Å².